The lowest BCUT2D eigenvalue weighted by atomic mass is 9.93. The lowest BCUT2D eigenvalue weighted by molar-refractivity contribution is -0.141. The van der Waals surface area contributed by atoms with Gasteiger partial charge in [-0.1, -0.05) is 0 Å². The molecule has 0 N–H and O–H groups in total. The minimum atomic E-state index is -4.97. The maximum Gasteiger partial charge on any atom is 0.416 e. The minimum Gasteiger partial charge on any atom is -0.469 e. The van der Waals surface area contributed by atoms with Crippen molar-refractivity contribution in [3.8, 4) is 0 Å². The van der Waals surface area contributed by atoms with Crippen LogP contribution in [0.4, 0.5) is 13.2 Å². The highest BCUT2D eigenvalue weighted by atomic mass is 32.2. The molecule has 2 aromatic rings. The summed E-state index contributed by atoms with van der Waals surface area (Å²) in [6, 6.07) is 0.962. The topological polar surface area (TPSA) is 116 Å². The molecule has 3 rings (SSSR count). The highest BCUT2D eigenvalue weighted by Gasteiger charge is 2.40. The molecule has 0 radical (unpaired) electrons. The Kier molecular flexibility index (Phi) is 7.89. The van der Waals surface area contributed by atoms with E-state index in [9.17, 15) is 34.8 Å². The first kappa shape index (κ1) is 29.1. The summed E-state index contributed by atoms with van der Waals surface area (Å²) in [5, 5.41) is 4.27. The van der Waals surface area contributed by atoms with Crippen LogP contribution < -0.4 is 0 Å². The van der Waals surface area contributed by atoms with Crippen molar-refractivity contribution in [3.05, 3.63) is 41.2 Å². The molecule has 1 aromatic carbocycles. The number of nitrogens with zero attached hydrogens (tertiary/aromatic N) is 3. The maximum absolute atomic E-state index is 13.7. The van der Waals surface area contributed by atoms with Crippen LogP contribution in [0.5, 0.6) is 0 Å². The van der Waals surface area contributed by atoms with Crippen LogP contribution in [-0.4, -0.2) is 55.8 Å². The first-order valence-corrected chi connectivity index (χ1v) is 14.4. The molecule has 1 aromatic heterocycles. The second-order valence-electron chi connectivity index (χ2n) is 9.83. The number of carbonyl (C=O) groups excluding carboxylic acids is 1. The smallest absolute Gasteiger partial charge is 0.416 e. The van der Waals surface area contributed by atoms with Crippen LogP contribution in [0.2, 0.25) is 0 Å². The van der Waals surface area contributed by atoms with E-state index in [1.165, 1.54) is 41.1 Å². The third-order valence-corrected chi connectivity index (χ3v) is 10.7. The van der Waals surface area contributed by atoms with Gasteiger partial charge in [0, 0.05) is 18.3 Å². The van der Waals surface area contributed by atoms with E-state index in [1.807, 2.05) is 0 Å². The predicted octanol–water partition coefficient (Wildman–Crippen LogP) is 3.74. The molecule has 0 aliphatic heterocycles. The van der Waals surface area contributed by atoms with Gasteiger partial charge in [-0.2, -0.15) is 22.6 Å². The first-order valence-electron chi connectivity index (χ1n) is 11.5. The van der Waals surface area contributed by atoms with Crippen molar-refractivity contribution >= 4 is 25.8 Å². The number of sulfonamides is 1. The van der Waals surface area contributed by atoms with E-state index in [4.69, 9.17) is 0 Å². The van der Waals surface area contributed by atoms with Gasteiger partial charge in [0.1, 0.15) is 0 Å². The molecular formula is C23H30F3N3O6S2. The van der Waals surface area contributed by atoms with Crippen LogP contribution in [-0.2, 0) is 48.5 Å². The number of fused-ring (bicyclic) bond motifs is 1. The van der Waals surface area contributed by atoms with Gasteiger partial charge in [-0.05, 0) is 58.2 Å². The number of methoxy groups -OCH3 is 1. The van der Waals surface area contributed by atoms with Gasteiger partial charge in [-0.25, -0.2) is 16.8 Å². The highest BCUT2D eigenvalue weighted by Crippen LogP contribution is 2.39. The average Bonchev–Trinajstić information content (AvgIpc) is 3.23. The van der Waals surface area contributed by atoms with Crippen molar-refractivity contribution < 1.29 is 39.5 Å². The summed E-state index contributed by atoms with van der Waals surface area (Å²) in [4.78, 5) is 10.0. The fourth-order valence-electron chi connectivity index (χ4n) is 4.19. The van der Waals surface area contributed by atoms with Crippen LogP contribution in [0.1, 0.15) is 62.9 Å². The van der Waals surface area contributed by atoms with Crippen LogP contribution >= 0.6 is 0 Å². The number of esters is 1. The van der Waals surface area contributed by atoms with Crippen molar-refractivity contribution in [2.75, 3.05) is 14.2 Å². The van der Waals surface area contributed by atoms with Gasteiger partial charge in [-0.3, -0.25) is 9.48 Å². The fraction of sp³-hybridized carbons (Fsp3) is 0.565. The van der Waals surface area contributed by atoms with Crippen LogP contribution in [0.15, 0.2) is 34.2 Å². The maximum atomic E-state index is 13.7. The lowest BCUT2D eigenvalue weighted by Crippen LogP contribution is -2.34. The predicted molar refractivity (Wildman–Crippen MR) is 128 cm³/mol. The van der Waals surface area contributed by atoms with Gasteiger partial charge in [-0.15, -0.1) is 0 Å². The Morgan fingerprint density at radius 1 is 1.14 bits per heavy atom. The molecule has 0 spiro atoms. The van der Waals surface area contributed by atoms with Gasteiger partial charge in [0.15, 0.2) is 9.84 Å². The Labute approximate surface area is 214 Å². The summed E-state index contributed by atoms with van der Waals surface area (Å²) in [5.41, 5.74) is -0.0660. The third-order valence-electron chi connectivity index (χ3n) is 6.43. The van der Waals surface area contributed by atoms with Crippen LogP contribution in [0.3, 0.4) is 0 Å². The summed E-state index contributed by atoms with van der Waals surface area (Å²) in [6.07, 6.45) is -1.86. The lowest BCUT2D eigenvalue weighted by Gasteiger charge is -2.31. The van der Waals surface area contributed by atoms with Crippen LogP contribution in [0.25, 0.3) is 0 Å². The van der Waals surface area contributed by atoms with E-state index >= 15 is 0 Å². The molecule has 0 saturated heterocycles. The Morgan fingerprint density at radius 3 is 2.32 bits per heavy atom. The fourth-order valence-corrected chi connectivity index (χ4v) is 6.98. The average molecular weight is 566 g/mol. The van der Waals surface area contributed by atoms with Crippen molar-refractivity contribution in [1.82, 2.24) is 14.1 Å². The van der Waals surface area contributed by atoms with Gasteiger partial charge < -0.3 is 4.74 Å². The van der Waals surface area contributed by atoms with E-state index in [1.54, 1.807) is 4.68 Å². The molecule has 1 atom stereocenters. The molecule has 0 fully saturated rings. The molecule has 0 unspecified atom stereocenters. The minimum absolute atomic E-state index is 0.0681. The molecule has 0 saturated carbocycles. The van der Waals surface area contributed by atoms with E-state index in [0.29, 0.717) is 37.0 Å². The zero-order chi connectivity index (χ0) is 28.0. The molecule has 37 heavy (non-hydrogen) atoms. The number of halogens is 3. The number of hydrogen-bond donors (Lipinski definition) is 0. The first-order chi connectivity index (χ1) is 16.9. The monoisotopic (exact) mass is 565 g/mol. The second-order valence-corrected chi connectivity index (χ2v) is 14.5. The Hall–Kier alpha value is -2.45. The van der Waals surface area contributed by atoms with Crippen molar-refractivity contribution in [1.29, 1.82) is 0 Å². The highest BCUT2D eigenvalue weighted by molar-refractivity contribution is 7.93. The number of aryl methyl sites for hydroxylation is 1. The largest absolute Gasteiger partial charge is 0.469 e. The summed E-state index contributed by atoms with van der Waals surface area (Å²) in [7, 11) is -6.33. The number of benzene rings is 1. The number of hydrogen-bond acceptors (Lipinski definition) is 7. The number of alkyl halides is 3. The van der Waals surface area contributed by atoms with Crippen molar-refractivity contribution in [3.63, 3.8) is 0 Å². The van der Waals surface area contributed by atoms with Gasteiger partial charge >= 0.3 is 12.1 Å². The summed E-state index contributed by atoms with van der Waals surface area (Å²) >= 11 is 0. The number of aromatic nitrogens is 2. The number of ether oxygens (including phenoxy) is 1. The Morgan fingerprint density at radius 2 is 1.76 bits per heavy atom. The van der Waals surface area contributed by atoms with E-state index in [0.717, 1.165) is 16.1 Å². The number of sulfone groups is 1. The molecule has 1 heterocycles. The standard InChI is InChI=1S/C23H30F3N3O6S2/c1-22(2,3)36(31,32)16-11-15(23(24,25)26)12-17(13-16)37(33,34)28(4)19-7-6-8-20-18(19)14-27-29(20)10-9-21(30)35-5/h11-14,19H,6-10H2,1-5H3/t19-/m1/s1. The molecule has 14 heteroatoms. The number of rotatable bonds is 7. The molecule has 0 amide bonds. The van der Waals surface area contributed by atoms with E-state index < -0.39 is 58.1 Å². The van der Waals surface area contributed by atoms with E-state index in [2.05, 4.69) is 9.84 Å². The van der Waals surface area contributed by atoms with E-state index in [-0.39, 0.29) is 13.0 Å². The zero-order valence-corrected chi connectivity index (χ0v) is 22.8. The van der Waals surface area contributed by atoms with Crippen molar-refractivity contribution in [2.24, 2.45) is 0 Å². The third kappa shape index (κ3) is 5.70. The molecule has 1 aliphatic rings. The normalized spacial score (nSPS) is 17.1. The van der Waals surface area contributed by atoms with Gasteiger partial charge in [0.05, 0.1) is 52.4 Å². The quantitative estimate of drug-likeness (QED) is 0.470. The Balaban J connectivity index is 2.06. The van der Waals surface area contributed by atoms with Crippen LogP contribution in [0, 0.1) is 0 Å². The molecule has 0 bridgehead atoms. The summed E-state index contributed by atoms with van der Waals surface area (Å²) in [6.45, 7) is 4.20. The van der Waals surface area contributed by atoms with Gasteiger partial charge in [0.25, 0.3) is 0 Å². The molecule has 9 nitrogen and oxygen atoms in total. The molecular weight excluding hydrogens is 535 g/mol. The SMILES string of the molecule is COC(=O)CCn1ncc2c1CCC[C@H]2N(C)S(=O)(=O)c1cc(C(F)(F)F)cc(S(=O)(=O)C(C)(C)C)c1. The zero-order valence-electron chi connectivity index (χ0n) is 21.2. The molecule has 1 aliphatic carbocycles. The Bertz CT molecular complexity index is 1390. The number of carbonyl (C=O) groups is 1. The molecule has 206 valence electrons. The second kappa shape index (κ2) is 10.0. The summed E-state index contributed by atoms with van der Waals surface area (Å²) in [5.74, 6) is -0.429. The van der Waals surface area contributed by atoms with Crippen molar-refractivity contribution in [2.45, 2.75) is 79.8 Å². The summed E-state index contributed by atoms with van der Waals surface area (Å²) < 4.78 is 99.9. The van der Waals surface area contributed by atoms with Gasteiger partial charge in [0.2, 0.25) is 10.0 Å².